The Kier molecular flexibility index (Phi) is 14.7. The van der Waals surface area contributed by atoms with Crippen LogP contribution in [0.2, 0.25) is 0 Å². The molecule has 2 heteroatoms. The van der Waals surface area contributed by atoms with Gasteiger partial charge in [0, 0.05) is 0 Å². The molecule has 138 valence electrons. The summed E-state index contributed by atoms with van der Waals surface area (Å²) in [5.74, 6) is 0.0519. The zero-order chi connectivity index (χ0) is 17.4. The molecule has 0 amide bonds. The molecule has 0 aromatic rings. The molecule has 0 aromatic heterocycles. The third-order valence-corrected chi connectivity index (χ3v) is 4.89. The van der Waals surface area contributed by atoms with Crippen molar-refractivity contribution in [3.63, 3.8) is 0 Å². The summed E-state index contributed by atoms with van der Waals surface area (Å²) in [6.45, 7) is 9.39. The van der Waals surface area contributed by atoms with Gasteiger partial charge in [-0.1, -0.05) is 91.4 Å². The summed E-state index contributed by atoms with van der Waals surface area (Å²) in [6, 6.07) is 0. The first-order chi connectivity index (χ1) is 11.1. The monoisotopic (exact) mass is 326 g/mol. The maximum atomic E-state index is 12.5. The fourth-order valence-corrected chi connectivity index (χ4v) is 3.06. The molecule has 0 N–H and O–H groups in total. The highest BCUT2D eigenvalue weighted by molar-refractivity contribution is 5.76. The number of carbonyl (C=O) groups is 1. The third kappa shape index (κ3) is 11.6. The number of esters is 1. The van der Waals surface area contributed by atoms with Crippen LogP contribution in [0.5, 0.6) is 0 Å². The Balaban J connectivity index is 4.07. The molecule has 0 aliphatic carbocycles. The van der Waals surface area contributed by atoms with E-state index in [-0.39, 0.29) is 11.4 Å². The molecule has 2 nitrogen and oxygen atoms in total. The Morgan fingerprint density at radius 3 is 1.78 bits per heavy atom. The lowest BCUT2D eigenvalue weighted by Crippen LogP contribution is -2.30. The Bertz CT molecular complexity index is 275. The van der Waals surface area contributed by atoms with E-state index in [0.29, 0.717) is 6.61 Å². The van der Waals surface area contributed by atoms with Crippen molar-refractivity contribution in [3.05, 3.63) is 0 Å². The molecule has 0 bridgehead atoms. The van der Waals surface area contributed by atoms with Crippen LogP contribution < -0.4 is 0 Å². The van der Waals surface area contributed by atoms with Crippen molar-refractivity contribution >= 4 is 5.97 Å². The van der Waals surface area contributed by atoms with E-state index in [1.54, 1.807) is 0 Å². The molecule has 0 saturated carbocycles. The van der Waals surface area contributed by atoms with E-state index in [2.05, 4.69) is 27.7 Å². The van der Waals surface area contributed by atoms with Gasteiger partial charge >= 0.3 is 5.97 Å². The molecule has 23 heavy (non-hydrogen) atoms. The van der Waals surface area contributed by atoms with Crippen LogP contribution in [-0.4, -0.2) is 12.6 Å². The Morgan fingerprint density at radius 1 is 0.696 bits per heavy atom. The number of carbonyl (C=O) groups excluding carboxylic acids is 1. The van der Waals surface area contributed by atoms with Crippen LogP contribution >= 0.6 is 0 Å². The summed E-state index contributed by atoms with van der Waals surface area (Å²) in [6.07, 6.45) is 16.6. The SMILES string of the molecule is CCCCCCCCOC(=O)C(C)(CCCC)CCCCCC. The molecule has 0 spiro atoms. The van der Waals surface area contributed by atoms with Crippen LogP contribution in [0.1, 0.15) is 118 Å². The largest absolute Gasteiger partial charge is 0.465 e. The molecule has 1 atom stereocenters. The van der Waals surface area contributed by atoms with Crippen LogP contribution in [0.25, 0.3) is 0 Å². The van der Waals surface area contributed by atoms with Crippen molar-refractivity contribution in [3.8, 4) is 0 Å². The fourth-order valence-electron chi connectivity index (χ4n) is 3.06. The van der Waals surface area contributed by atoms with Crippen molar-refractivity contribution in [2.75, 3.05) is 6.61 Å². The Labute approximate surface area is 145 Å². The molecule has 0 rings (SSSR count). The smallest absolute Gasteiger partial charge is 0.311 e. The predicted octanol–water partition coefficient (Wildman–Crippen LogP) is 7.06. The van der Waals surface area contributed by atoms with Crippen molar-refractivity contribution in [1.29, 1.82) is 0 Å². The van der Waals surface area contributed by atoms with Gasteiger partial charge < -0.3 is 4.74 Å². The van der Waals surface area contributed by atoms with Crippen molar-refractivity contribution < 1.29 is 9.53 Å². The third-order valence-electron chi connectivity index (χ3n) is 4.89. The quantitative estimate of drug-likeness (QED) is 0.224. The molecule has 0 aliphatic rings. The van der Waals surface area contributed by atoms with Crippen LogP contribution in [0.4, 0.5) is 0 Å². The van der Waals surface area contributed by atoms with Gasteiger partial charge in [-0.25, -0.2) is 0 Å². The van der Waals surface area contributed by atoms with Gasteiger partial charge in [0.05, 0.1) is 12.0 Å². The number of hydrogen-bond acceptors (Lipinski definition) is 2. The van der Waals surface area contributed by atoms with Gasteiger partial charge in [0.1, 0.15) is 0 Å². The van der Waals surface area contributed by atoms with Crippen LogP contribution in [-0.2, 0) is 9.53 Å². The number of unbranched alkanes of at least 4 members (excludes halogenated alkanes) is 9. The van der Waals surface area contributed by atoms with Gasteiger partial charge in [-0.15, -0.1) is 0 Å². The van der Waals surface area contributed by atoms with E-state index in [1.165, 1.54) is 51.4 Å². The first-order valence-electron chi connectivity index (χ1n) is 10.3. The first-order valence-corrected chi connectivity index (χ1v) is 10.3. The van der Waals surface area contributed by atoms with E-state index >= 15 is 0 Å². The van der Waals surface area contributed by atoms with Gasteiger partial charge in [0.2, 0.25) is 0 Å². The average molecular weight is 327 g/mol. The van der Waals surface area contributed by atoms with E-state index in [1.807, 2.05) is 0 Å². The molecular weight excluding hydrogens is 284 g/mol. The molecule has 0 radical (unpaired) electrons. The molecule has 0 heterocycles. The van der Waals surface area contributed by atoms with Gasteiger partial charge in [0.25, 0.3) is 0 Å². The molecular formula is C21H42O2. The van der Waals surface area contributed by atoms with E-state index in [0.717, 1.165) is 38.5 Å². The van der Waals surface area contributed by atoms with Gasteiger partial charge in [0.15, 0.2) is 0 Å². The second kappa shape index (κ2) is 15.0. The van der Waals surface area contributed by atoms with Crippen molar-refractivity contribution in [2.24, 2.45) is 5.41 Å². The molecule has 1 unspecified atom stereocenters. The van der Waals surface area contributed by atoms with Crippen LogP contribution in [0, 0.1) is 5.41 Å². The summed E-state index contributed by atoms with van der Waals surface area (Å²) in [4.78, 5) is 12.5. The maximum Gasteiger partial charge on any atom is 0.311 e. The molecule has 0 aliphatic heterocycles. The van der Waals surface area contributed by atoms with Crippen molar-refractivity contribution in [2.45, 2.75) is 118 Å². The van der Waals surface area contributed by atoms with Crippen LogP contribution in [0.3, 0.4) is 0 Å². The topological polar surface area (TPSA) is 26.3 Å². The highest BCUT2D eigenvalue weighted by Crippen LogP contribution is 2.32. The number of hydrogen-bond donors (Lipinski definition) is 0. The van der Waals surface area contributed by atoms with Crippen LogP contribution in [0.15, 0.2) is 0 Å². The molecule has 0 aromatic carbocycles. The van der Waals surface area contributed by atoms with Gasteiger partial charge in [-0.2, -0.15) is 0 Å². The van der Waals surface area contributed by atoms with E-state index in [9.17, 15) is 4.79 Å². The second-order valence-corrected chi connectivity index (χ2v) is 7.38. The Morgan fingerprint density at radius 2 is 1.17 bits per heavy atom. The summed E-state index contributed by atoms with van der Waals surface area (Å²) in [5.41, 5.74) is -0.258. The summed E-state index contributed by atoms with van der Waals surface area (Å²) < 4.78 is 5.63. The van der Waals surface area contributed by atoms with E-state index < -0.39 is 0 Å². The Hall–Kier alpha value is -0.530. The lowest BCUT2D eigenvalue weighted by atomic mass is 9.80. The molecule has 0 saturated heterocycles. The maximum absolute atomic E-state index is 12.5. The summed E-state index contributed by atoms with van der Waals surface area (Å²) in [7, 11) is 0. The second-order valence-electron chi connectivity index (χ2n) is 7.38. The fraction of sp³-hybridized carbons (Fsp3) is 0.952. The average Bonchev–Trinajstić information content (AvgIpc) is 2.56. The minimum absolute atomic E-state index is 0.0519. The zero-order valence-electron chi connectivity index (χ0n) is 16.4. The predicted molar refractivity (Wildman–Crippen MR) is 101 cm³/mol. The van der Waals surface area contributed by atoms with Gasteiger partial charge in [-0.05, 0) is 26.2 Å². The lowest BCUT2D eigenvalue weighted by molar-refractivity contribution is -0.156. The standard InChI is InChI=1S/C21H42O2/c1-5-8-11-13-14-16-19-23-20(22)21(4,17-10-7-3)18-15-12-9-6-2/h5-19H2,1-4H3. The first kappa shape index (κ1) is 22.5. The lowest BCUT2D eigenvalue weighted by Gasteiger charge is -2.27. The highest BCUT2D eigenvalue weighted by atomic mass is 16.5. The molecule has 0 fully saturated rings. The minimum atomic E-state index is -0.258. The van der Waals surface area contributed by atoms with Crippen molar-refractivity contribution in [1.82, 2.24) is 0 Å². The van der Waals surface area contributed by atoms with Gasteiger partial charge in [-0.3, -0.25) is 4.79 Å². The summed E-state index contributed by atoms with van der Waals surface area (Å²) >= 11 is 0. The highest BCUT2D eigenvalue weighted by Gasteiger charge is 2.33. The summed E-state index contributed by atoms with van der Waals surface area (Å²) in [5, 5.41) is 0. The number of rotatable bonds is 16. The normalized spacial score (nSPS) is 13.7. The van der Waals surface area contributed by atoms with E-state index in [4.69, 9.17) is 4.74 Å². The zero-order valence-corrected chi connectivity index (χ0v) is 16.4. The minimum Gasteiger partial charge on any atom is -0.465 e. The number of ether oxygens (including phenoxy) is 1.